The molecule has 1 aromatic carbocycles. The highest BCUT2D eigenvalue weighted by molar-refractivity contribution is 9.10. The van der Waals surface area contributed by atoms with Crippen molar-refractivity contribution >= 4 is 21.9 Å². The highest BCUT2D eigenvalue weighted by Crippen LogP contribution is 2.28. The van der Waals surface area contributed by atoms with Gasteiger partial charge in [0.2, 0.25) is 0 Å². The quantitative estimate of drug-likeness (QED) is 0.787. The van der Waals surface area contributed by atoms with Crippen molar-refractivity contribution in [2.24, 2.45) is 0 Å². The summed E-state index contributed by atoms with van der Waals surface area (Å²) >= 11 is 3.27. The van der Waals surface area contributed by atoms with Crippen LogP contribution in [0, 0.1) is 0 Å². The summed E-state index contributed by atoms with van der Waals surface area (Å²) in [6, 6.07) is 4.91. The van der Waals surface area contributed by atoms with Gasteiger partial charge in [-0.2, -0.15) is 0 Å². The number of hydrogen-bond acceptors (Lipinski definition) is 3. The predicted molar refractivity (Wildman–Crippen MR) is 67.7 cm³/mol. The molecule has 0 fully saturated rings. The molecule has 0 bridgehead atoms. The fourth-order valence-corrected chi connectivity index (χ4v) is 1.75. The molecule has 0 unspecified atom stereocenters. The molecule has 0 atom stereocenters. The van der Waals surface area contributed by atoms with E-state index in [9.17, 15) is 4.79 Å². The second-order valence-corrected chi connectivity index (χ2v) is 4.24. The predicted octanol–water partition coefficient (Wildman–Crippen LogP) is 2.95. The zero-order valence-electron chi connectivity index (χ0n) is 9.61. The number of ether oxygens (including phenoxy) is 2. The number of benzene rings is 1. The van der Waals surface area contributed by atoms with Gasteiger partial charge in [0, 0.05) is 6.61 Å². The minimum atomic E-state index is -1.00. The summed E-state index contributed by atoms with van der Waals surface area (Å²) in [7, 11) is 0. The van der Waals surface area contributed by atoms with E-state index in [0.717, 1.165) is 6.42 Å². The lowest BCUT2D eigenvalue weighted by Gasteiger charge is -2.11. The molecule has 1 N–H and O–H groups in total. The van der Waals surface area contributed by atoms with Crippen molar-refractivity contribution in [3.63, 3.8) is 0 Å². The van der Waals surface area contributed by atoms with E-state index in [1.807, 2.05) is 6.92 Å². The van der Waals surface area contributed by atoms with Gasteiger partial charge in [0.1, 0.15) is 17.9 Å². The third-order valence-electron chi connectivity index (χ3n) is 2.02. The van der Waals surface area contributed by atoms with Gasteiger partial charge in [-0.15, -0.1) is 0 Å². The number of aromatic carboxylic acids is 1. The minimum absolute atomic E-state index is 0.148. The van der Waals surface area contributed by atoms with Gasteiger partial charge in [0.25, 0.3) is 0 Å². The van der Waals surface area contributed by atoms with Crippen LogP contribution in [0.2, 0.25) is 0 Å². The largest absolute Gasteiger partial charge is 0.489 e. The number of carbonyl (C=O) groups is 1. The molecule has 0 saturated carbocycles. The average Bonchev–Trinajstić information content (AvgIpc) is 2.30. The van der Waals surface area contributed by atoms with E-state index in [0.29, 0.717) is 30.0 Å². The van der Waals surface area contributed by atoms with Crippen molar-refractivity contribution in [1.82, 2.24) is 0 Å². The van der Waals surface area contributed by atoms with Crippen LogP contribution in [0.1, 0.15) is 23.7 Å². The number of halogens is 1. The highest BCUT2D eigenvalue weighted by Gasteiger charge is 2.13. The van der Waals surface area contributed by atoms with Gasteiger partial charge in [0.05, 0.1) is 11.1 Å². The van der Waals surface area contributed by atoms with E-state index >= 15 is 0 Å². The van der Waals surface area contributed by atoms with Crippen LogP contribution in [-0.4, -0.2) is 30.9 Å². The molecular weight excluding hydrogens is 288 g/mol. The second-order valence-electron chi connectivity index (χ2n) is 3.38. The van der Waals surface area contributed by atoms with Crippen molar-refractivity contribution in [1.29, 1.82) is 0 Å². The molecule has 17 heavy (non-hydrogen) atoms. The van der Waals surface area contributed by atoms with Gasteiger partial charge >= 0.3 is 5.97 Å². The first-order valence-corrected chi connectivity index (χ1v) is 6.18. The first-order valence-electron chi connectivity index (χ1n) is 5.39. The Bertz CT molecular complexity index is 379. The first-order chi connectivity index (χ1) is 8.16. The minimum Gasteiger partial charge on any atom is -0.489 e. The summed E-state index contributed by atoms with van der Waals surface area (Å²) < 4.78 is 11.3. The molecule has 4 nitrogen and oxygen atoms in total. The van der Waals surface area contributed by atoms with Crippen LogP contribution in [0.3, 0.4) is 0 Å². The number of hydrogen-bond donors (Lipinski definition) is 1. The molecule has 0 aliphatic rings. The molecule has 1 rings (SSSR count). The summed E-state index contributed by atoms with van der Waals surface area (Å²) in [5.41, 5.74) is 0.148. The SMILES string of the molecule is CCCOCCOc1c(Br)cccc1C(=O)O. The molecular formula is C12H15BrO4. The van der Waals surface area contributed by atoms with Crippen LogP contribution in [0.15, 0.2) is 22.7 Å². The number of carboxylic acids is 1. The Labute approximate surface area is 109 Å². The van der Waals surface area contributed by atoms with Crippen LogP contribution < -0.4 is 4.74 Å². The maximum atomic E-state index is 11.0. The van der Waals surface area contributed by atoms with Gasteiger partial charge < -0.3 is 14.6 Å². The summed E-state index contributed by atoms with van der Waals surface area (Å²) in [6.45, 7) is 3.50. The van der Waals surface area contributed by atoms with E-state index < -0.39 is 5.97 Å². The maximum absolute atomic E-state index is 11.0. The fraction of sp³-hybridized carbons (Fsp3) is 0.417. The lowest BCUT2D eigenvalue weighted by molar-refractivity contribution is 0.0685. The van der Waals surface area contributed by atoms with E-state index in [1.165, 1.54) is 6.07 Å². The Morgan fingerprint density at radius 2 is 2.12 bits per heavy atom. The second kappa shape index (κ2) is 7.29. The van der Waals surface area contributed by atoms with Gasteiger partial charge in [0.15, 0.2) is 0 Å². The molecule has 0 radical (unpaired) electrons. The molecule has 0 spiro atoms. The lowest BCUT2D eigenvalue weighted by atomic mass is 10.2. The summed E-state index contributed by atoms with van der Waals surface area (Å²) in [6.07, 6.45) is 0.954. The third kappa shape index (κ3) is 4.36. The summed E-state index contributed by atoms with van der Waals surface area (Å²) in [5, 5.41) is 9.00. The smallest absolute Gasteiger partial charge is 0.339 e. The monoisotopic (exact) mass is 302 g/mol. The van der Waals surface area contributed by atoms with Crippen molar-refractivity contribution in [2.75, 3.05) is 19.8 Å². The average molecular weight is 303 g/mol. The molecule has 0 aliphatic carbocycles. The molecule has 5 heteroatoms. The van der Waals surface area contributed by atoms with E-state index in [2.05, 4.69) is 15.9 Å². The number of para-hydroxylation sites is 1. The normalized spacial score (nSPS) is 10.2. The Balaban J connectivity index is 2.60. The molecule has 0 aliphatic heterocycles. The van der Waals surface area contributed by atoms with Gasteiger partial charge in [-0.25, -0.2) is 4.79 Å². The Kier molecular flexibility index (Phi) is 6.00. The highest BCUT2D eigenvalue weighted by atomic mass is 79.9. The first kappa shape index (κ1) is 14.0. The summed E-state index contributed by atoms with van der Waals surface area (Å²) in [5.74, 6) is -0.657. The van der Waals surface area contributed by atoms with Crippen LogP contribution in [0.5, 0.6) is 5.75 Å². The van der Waals surface area contributed by atoms with Gasteiger partial charge in [-0.05, 0) is 34.5 Å². The van der Waals surface area contributed by atoms with Crippen molar-refractivity contribution in [3.8, 4) is 5.75 Å². The topological polar surface area (TPSA) is 55.8 Å². The van der Waals surface area contributed by atoms with Crippen molar-refractivity contribution < 1.29 is 19.4 Å². The molecule has 1 aromatic rings. The molecule has 0 heterocycles. The third-order valence-corrected chi connectivity index (χ3v) is 2.64. The fourth-order valence-electron chi connectivity index (χ4n) is 1.27. The maximum Gasteiger partial charge on any atom is 0.339 e. The Morgan fingerprint density at radius 3 is 2.76 bits per heavy atom. The zero-order valence-corrected chi connectivity index (χ0v) is 11.2. The van der Waals surface area contributed by atoms with Gasteiger partial charge in [-0.1, -0.05) is 13.0 Å². The van der Waals surface area contributed by atoms with Crippen LogP contribution in [0.25, 0.3) is 0 Å². The Hall–Kier alpha value is -1.07. The standard InChI is InChI=1S/C12H15BrO4/c1-2-6-16-7-8-17-11-9(12(14)15)4-3-5-10(11)13/h3-5H,2,6-8H2,1H3,(H,14,15). The molecule has 0 saturated heterocycles. The zero-order chi connectivity index (χ0) is 12.7. The van der Waals surface area contributed by atoms with E-state index in [1.54, 1.807) is 12.1 Å². The molecule has 94 valence electrons. The molecule has 0 amide bonds. The van der Waals surface area contributed by atoms with E-state index in [4.69, 9.17) is 14.6 Å². The van der Waals surface area contributed by atoms with E-state index in [-0.39, 0.29) is 5.56 Å². The number of carboxylic acid groups (broad SMARTS) is 1. The number of rotatable bonds is 7. The van der Waals surface area contributed by atoms with Crippen LogP contribution >= 0.6 is 15.9 Å². The Morgan fingerprint density at radius 1 is 1.35 bits per heavy atom. The van der Waals surface area contributed by atoms with Crippen molar-refractivity contribution in [2.45, 2.75) is 13.3 Å². The van der Waals surface area contributed by atoms with Gasteiger partial charge in [-0.3, -0.25) is 0 Å². The van der Waals surface area contributed by atoms with Crippen LogP contribution in [-0.2, 0) is 4.74 Å². The molecule has 0 aromatic heterocycles. The summed E-state index contributed by atoms with van der Waals surface area (Å²) in [4.78, 5) is 11.0. The van der Waals surface area contributed by atoms with Crippen molar-refractivity contribution in [3.05, 3.63) is 28.2 Å². The lowest BCUT2D eigenvalue weighted by Crippen LogP contribution is -2.10. The van der Waals surface area contributed by atoms with Crippen LogP contribution in [0.4, 0.5) is 0 Å².